The first kappa shape index (κ1) is 19.6. The van der Waals surface area contributed by atoms with Crippen molar-refractivity contribution in [3.05, 3.63) is 65.7 Å². The number of hydrogen-bond donors (Lipinski definition) is 2. The summed E-state index contributed by atoms with van der Waals surface area (Å²) in [7, 11) is 0. The van der Waals surface area contributed by atoms with Crippen molar-refractivity contribution in [3.8, 4) is 10.6 Å². The first-order valence-corrected chi connectivity index (χ1v) is 9.60. The van der Waals surface area contributed by atoms with E-state index >= 15 is 0 Å². The fourth-order valence-corrected chi connectivity index (χ4v) is 3.08. The van der Waals surface area contributed by atoms with Gasteiger partial charge in [-0.15, -0.1) is 11.3 Å². The van der Waals surface area contributed by atoms with E-state index in [1.54, 1.807) is 74.7 Å². The second kappa shape index (κ2) is 8.22. The maximum Gasteiger partial charge on any atom is 0.412 e. The van der Waals surface area contributed by atoms with Gasteiger partial charge in [0, 0.05) is 22.7 Å². The molecule has 0 aliphatic rings. The zero-order chi connectivity index (χ0) is 20.1. The fourth-order valence-electron chi connectivity index (χ4n) is 2.44. The molecular weight excluding hydrogens is 374 g/mol. The van der Waals surface area contributed by atoms with E-state index in [2.05, 4.69) is 15.6 Å². The summed E-state index contributed by atoms with van der Waals surface area (Å²) in [5.74, 6) is -0.274. The van der Waals surface area contributed by atoms with Gasteiger partial charge in [0.15, 0.2) is 0 Å². The predicted molar refractivity (Wildman–Crippen MR) is 112 cm³/mol. The number of nitrogens with zero attached hydrogens (tertiary/aromatic N) is 1. The summed E-state index contributed by atoms with van der Waals surface area (Å²) in [4.78, 5) is 28.9. The van der Waals surface area contributed by atoms with E-state index in [9.17, 15) is 9.59 Å². The average Bonchev–Trinajstić information content (AvgIpc) is 3.16. The molecule has 0 aliphatic heterocycles. The quantitative estimate of drug-likeness (QED) is 0.619. The van der Waals surface area contributed by atoms with Crippen molar-refractivity contribution in [3.63, 3.8) is 0 Å². The highest BCUT2D eigenvalue weighted by Gasteiger charge is 2.18. The smallest absolute Gasteiger partial charge is 0.412 e. The maximum absolute atomic E-state index is 12.6. The van der Waals surface area contributed by atoms with E-state index in [4.69, 9.17) is 4.74 Å². The Bertz CT molecular complexity index is 961. The van der Waals surface area contributed by atoms with Gasteiger partial charge in [0.2, 0.25) is 0 Å². The Morgan fingerprint density at radius 2 is 1.61 bits per heavy atom. The minimum atomic E-state index is -0.610. The van der Waals surface area contributed by atoms with Crippen molar-refractivity contribution in [2.75, 3.05) is 10.6 Å². The van der Waals surface area contributed by atoms with Crippen LogP contribution < -0.4 is 10.6 Å². The van der Waals surface area contributed by atoms with Crippen molar-refractivity contribution < 1.29 is 14.3 Å². The van der Waals surface area contributed by atoms with Crippen LogP contribution in [-0.2, 0) is 4.74 Å². The molecule has 0 fully saturated rings. The van der Waals surface area contributed by atoms with Crippen LogP contribution in [0.5, 0.6) is 0 Å². The molecule has 2 amide bonds. The lowest BCUT2D eigenvalue weighted by molar-refractivity contribution is 0.0635. The number of ether oxygens (including phenoxy) is 1. The number of para-hydroxylation sites is 2. The summed E-state index contributed by atoms with van der Waals surface area (Å²) in [5.41, 5.74) is 1.80. The molecule has 0 saturated carbocycles. The number of anilines is 2. The number of carbonyl (C=O) groups excluding carboxylic acids is 2. The molecule has 28 heavy (non-hydrogen) atoms. The van der Waals surface area contributed by atoms with Gasteiger partial charge in [-0.25, -0.2) is 9.78 Å². The Morgan fingerprint density at radius 3 is 2.18 bits per heavy atom. The highest BCUT2D eigenvalue weighted by Crippen LogP contribution is 2.24. The van der Waals surface area contributed by atoms with E-state index in [-0.39, 0.29) is 5.91 Å². The first-order valence-electron chi connectivity index (χ1n) is 8.72. The lowest BCUT2D eigenvalue weighted by atomic mass is 10.1. The molecule has 0 atom stereocenters. The maximum atomic E-state index is 12.6. The molecule has 2 aromatic carbocycles. The number of rotatable bonds is 4. The summed E-state index contributed by atoms with van der Waals surface area (Å²) in [5, 5.41) is 8.30. The minimum Gasteiger partial charge on any atom is -0.444 e. The Labute approximate surface area is 167 Å². The highest BCUT2D eigenvalue weighted by molar-refractivity contribution is 7.13. The summed E-state index contributed by atoms with van der Waals surface area (Å²) in [6, 6.07) is 14.2. The molecule has 0 radical (unpaired) electrons. The number of thiazole rings is 1. The molecule has 1 aromatic heterocycles. The SMILES string of the molecule is CC(C)(C)OC(=O)Nc1ccccc1NC(=O)c1ccc(-c2nccs2)cc1. The van der Waals surface area contributed by atoms with Crippen LogP contribution in [-0.4, -0.2) is 22.6 Å². The number of hydrogen-bond acceptors (Lipinski definition) is 5. The van der Waals surface area contributed by atoms with Crippen LogP contribution in [0.4, 0.5) is 16.2 Å². The minimum absolute atomic E-state index is 0.274. The lowest BCUT2D eigenvalue weighted by Crippen LogP contribution is -2.27. The van der Waals surface area contributed by atoms with Gasteiger partial charge in [-0.2, -0.15) is 0 Å². The molecular formula is C21H21N3O3S. The third kappa shape index (κ3) is 5.17. The molecule has 3 aromatic rings. The Morgan fingerprint density at radius 1 is 0.964 bits per heavy atom. The van der Waals surface area contributed by atoms with Gasteiger partial charge >= 0.3 is 6.09 Å². The van der Waals surface area contributed by atoms with Crippen molar-refractivity contribution in [1.29, 1.82) is 0 Å². The summed E-state index contributed by atoms with van der Waals surface area (Å²) in [6.07, 6.45) is 1.16. The zero-order valence-electron chi connectivity index (χ0n) is 15.9. The van der Waals surface area contributed by atoms with Crippen molar-refractivity contribution in [1.82, 2.24) is 4.98 Å². The second-order valence-electron chi connectivity index (χ2n) is 7.04. The number of aromatic nitrogens is 1. The third-order valence-electron chi connectivity index (χ3n) is 3.64. The first-order chi connectivity index (χ1) is 13.3. The van der Waals surface area contributed by atoms with E-state index < -0.39 is 11.7 Å². The molecule has 2 N–H and O–H groups in total. The van der Waals surface area contributed by atoms with Crippen molar-refractivity contribution in [2.24, 2.45) is 0 Å². The predicted octanol–water partition coefficient (Wildman–Crippen LogP) is 5.41. The topological polar surface area (TPSA) is 80.3 Å². The van der Waals surface area contributed by atoms with E-state index in [1.165, 1.54) is 0 Å². The Balaban J connectivity index is 1.71. The highest BCUT2D eigenvalue weighted by atomic mass is 32.1. The van der Waals surface area contributed by atoms with Crippen LogP contribution >= 0.6 is 11.3 Å². The summed E-state index contributed by atoms with van der Waals surface area (Å²) < 4.78 is 5.27. The standard InChI is InChI=1S/C21H21N3O3S/c1-21(2,3)27-20(26)24-17-7-5-4-6-16(17)23-18(25)14-8-10-15(11-9-14)19-22-12-13-28-19/h4-13H,1-3H3,(H,23,25)(H,24,26). The van der Waals surface area contributed by atoms with Crippen LogP contribution in [0.1, 0.15) is 31.1 Å². The normalized spacial score (nSPS) is 11.0. The molecule has 0 bridgehead atoms. The van der Waals surface area contributed by atoms with Crippen LogP contribution in [0.3, 0.4) is 0 Å². The van der Waals surface area contributed by atoms with E-state index in [0.29, 0.717) is 16.9 Å². The summed E-state index contributed by atoms with van der Waals surface area (Å²) >= 11 is 1.54. The van der Waals surface area contributed by atoms with Gasteiger partial charge in [-0.3, -0.25) is 10.1 Å². The van der Waals surface area contributed by atoms with Crippen LogP contribution in [0.25, 0.3) is 10.6 Å². The Hall–Kier alpha value is -3.19. The molecule has 3 rings (SSSR count). The number of benzene rings is 2. The van der Waals surface area contributed by atoms with Crippen molar-refractivity contribution >= 4 is 34.7 Å². The van der Waals surface area contributed by atoms with Crippen LogP contribution in [0.2, 0.25) is 0 Å². The van der Waals surface area contributed by atoms with Gasteiger partial charge in [0.05, 0.1) is 11.4 Å². The monoisotopic (exact) mass is 395 g/mol. The van der Waals surface area contributed by atoms with E-state index in [0.717, 1.165) is 10.6 Å². The number of amides is 2. The summed E-state index contributed by atoms with van der Waals surface area (Å²) in [6.45, 7) is 5.36. The largest absolute Gasteiger partial charge is 0.444 e. The van der Waals surface area contributed by atoms with Crippen LogP contribution in [0, 0.1) is 0 Å². The van der Waals surface area contributed by atoms with Gasteiger partial charge in [-0.1, -0.05) is 24.3 Å². The molecule has 1 heterocycles. The molecule has 0 unspecified atom stereocenters. The van der Waals surface area contributed by atoms with Crippen molar-refractivity contribution in [2.45, 2.75) is 26.4 Å². The van der Waals surface area contributed by atoms with Gasteiger partial charge in [-0.05, 0) is 45.0 Å². The molecule has 144 valence electrons. The number of carbonyl (C=O) groups is 2. The number of nitrogens with one attached hydrogen (secondary N) is 2. The molecule has 0 spiro atoms. The van der Waals surface area contributed by atoms with Gasteiger partial charge < -0.3 is 10.1 Å². The van der Waals surface area contributed by atoms with Crippen LogP contribution in [0.15, 0.2) is 60.1 Å². The molecule has 0 saturated heterocycles. The zero-order valence-corrected chi connectivity index (χ0v) is 16.7. The average molecular weight is 395 g/mol. The molecule has 0 aliphatic carbocycles. The van der Waals surface area contributed by atoms with E-state index in [1.807, 2.05) is 17.5 Å². The Kier molecular flexibility index (Phi) is 5.75. The molecule has 7 heteroatoms. The third-order valence-corrected chi connectivity index (χ3v) is 4.46. The second-order valence-corrected chi connectivity index (χ2v) is 7.94. The van der Waals surface area contributed by atoms with Gasteiger partial charge in [0.1, 0.15) is 10.6 Å². The fraction of sp³-hybridized carbons (Fsp3) is 0.190. The molecule has 6 nitrogen and oxygen atoms in total. The van der Waals surface area contributed by atoms with Gasteiger partial charge in [0.25, 0.3) is 5.91 Å². The lowest BCUT2D eigenvalue weighted by Gasteiger charge is -2.20.